The van der Waals surface area contributed by atoms with E-state index in [0.29, 0.717) is 0 Å². The van der Waals surface area contributed by atoms with Gasteiger partial charge in [0, 0.05) is 0 Å². The predicted octanol–water partition coefficient (Wildman–Crippen LogP) is 5.04. The zero-order chi connectivity index (χ0) is 29.7. The fraction of sp³-hybridized carbons (Fsp3) is 0.121. The summed E-state index contributed by atoms with van der Waals surface area (Å²) in [6.45, 7) is -0.625. The van der Waals surface area contributed by atoms with Gasteiger partial charge in [0.25, 0.3) is 0 Å². The molecular formula is C33H25NO8. The molecule has 0 aromatic heterocycles. The number of hydrogen-bond acceptors (Lipinski definition) is 9. The van der Waals surface area contributed by atoms with Gasteiger partial charge in [-0.2, -0.15) is 5.26 Å². The minimum atomic E-state index is -1.76. The van der Waals surface area contributed by atoms with Gasteiger partial charge in [-0.15, -0.1) is 0 Å². The Balaban J connectivity index is 1.67. The van der Waals surface area contributed by atoms with Crippen molar-refractivity contribution in [3.63, 3.8) is 0 Å². The van der Waals surface area contributed by atoms with Crippen LogP contribution in [0, 0.1) is 11.3 Å². The highest BCUT2D eigenvalue weighted by atomic mass is 16.6. The van der Waals surface area contributed by atoms with Crippen LogP contribution < -0.4 is 0 Å². The summed E-state index contributed by atoms with van der Waals surface area (Å²) >= 11 is 0. The Hall–Kier alpha value is -5.75. The normalized spacial score (nSPS) is 12.5. The molecule has 9 heteroatoms. The topological polar surface area (TPSA) is 129 Å². The Kier molecular flexibility index (Phi) is 10.2. The van der Waals surface area contributed by atoms with E-state index < -0.39 is 48.8 Å². The van der Waals surface area contributed by atoms with Crippen molar-refractivity contribution in [2.24, 2.45) is 0 Å². The molecule has 0 aliphatic rings. The maximum Gasteiger partial charge on any atom is 0.339 e. The first-order chi connectivity index (χ1) is 20.5. The lowest BCUT2D eigenvalue weighted by Crippen LogP contribution is -2.47. The first-order valence-corrected chi connectivity index (χ1v) is 12.9. The van der Waals surface area contributed by atoms with Gasteiger partial charge in [-0.25, -0.2) is 19.2 Å². The fourth-order valence-corrected chi connectivity index (χ4v) is 3.81. The van der Waals surface area contributed by atoms with Crippen LogP contribution in [0.2, 0.25) is 0 Å². The zero-order valence-electron chi connectivity index (χ0n) is 22.2. The summed E-state index contributed by atoms with van der Waals surface area (Å²) in [7, 11) is 0. The molecule has 0 N–H and O–H groups in total. The summed E-state index contributed by atoms with van der Waals surface area (Å²) in [5, 5.41) is 10.1. The van der Waals surface area contributed by atoms with E-state index in [0.717, 1.165) is 0 Å². The number of carbonyl (C=O) groups excluding carboxylic acids is 4. The van der Waals surface area contributed by atoms with Crippen molar-refractivity contribution in [3.8, 4) is 6.07 Å². The number of rotatable bonds is 11. The predicted molar refractivity (Wildman–Crippen MR) is 149 cm³/mol. The third-order valence-corrected chi connectivity index (χ3v) is 5.94. The quantitative estimate of drug-likeness (QED) is 0.182. The van der Waals surface area contributed by atoms with Gasteiger partial charge in [0.05, 0.1) is 22.3 Å². The van der Waals surface area contributed by atoms with Crippen LogP contribution in [0.25, 0.3) is 0 Å². The van der Waals surface area contributed by atoms with Crippen molar-refractivity contribution < 1.29 is 38.1 Å². The molecule has 0 radical (unpaired) electrons. The second-order valence-corrected chi connectivity index (χ2v) is 8.83. The molecule has 42 heavy (non-hydrogen) atoms. The van der Waals surface area contributed by atoms with Crippen LogP contribution in [0.5, 0.6) is 0 Å². The molecule has 0 aliphatic heterocycles. The summed E-state index contributed by atoms with van der Waals surface area (Å²) in [5.41, 5.74) is 0.637. The number of carbonyl (C=O) groups is 4. The molecule has 9 nitrogen and oxygen atoms in total. The van der Waals surface area contributed by atoms with Gasteiger partial charge >= 0.3 is 23.9 Å². The first kappa shape index (κ1) is 29.2. The molecule has 210 valence electrons. The molecule has 4 rings (SSSR count). The fourth-order valence-electron chi connectivity index (χ4n) is 3.81. The van der Waals surface area contributed by atoms with E-state index in [1.807, 2.05) is 6.07 Å². The average Bonchev–Trinajstić information content (AvgIpc) is 3.05. The highest BCUT2D eigenvalue weighted by molar-refractivity contribution is 5.91. The van der Waals surface area contributed by atoms with Gasteiger partial charge in [-0.3, -0.25) is 0 Å². The molecule has 0 aliphatic carbocycles. The van der Waals surface area contributed by atoms with E-state index in [-0.39, 0.29) is 22.3 Å². The molecule has 0 heterocycles. The lowest BCUT2D eigenvalue weighted by Gasteiger charge is -2.29. The molecule has 0 saturated heterocycles. The highest BCUT2D eigenvalue weighted by Crippen LogP contribution is 2.20. The van der Waals surface area contributed by atoms with E-state index in [2.05, 4.69) is 0 Å². The SMILES string of the molecule is N#C[C@@H](OC(=O)c1ccccc1)[C@H](OC(=O)c1ccccc1)[C@@H](COC(=O)c1ccccc1)OC(=O)c1ccccc1. The Labute approximate surface area is 241 Å². The number of esters is 4. The van der Waals surface area contributed by atoms with Crippen molar-refractivity contribution >= 4 is 23.9 Å². The minimum Gasteiger partial charge on any atom is -0.458 e. The number of benzene rings is 4. The van der Waals surface area contributed by atoms with Crippen LogP contribution in [0.15, 0.2) is 121 Å². The Morgan fingerprint density at radius 3 is 1.29 bits per heavy atom. The summed E-state index contributed by atoms with van der Waals surface area (Å²) in [5.74, 6) is -3.36. The maximum atomic E-state index is 13.1. The molecular weight excluding hydrogens is 538 g/mol. The van der Waals surface area contributed by atoms with Crippen LogP contribution in [-0.2, 0) is 18.9 Å². The maximum absolute atomic E-state index is 13.1. The Bertz CT molecular complexity index is 1540. The molecule has 0 amide bonds. The summed E-state index contributed by atoms with van der Waals surface area (Å²) < 4.78 is 22.2. The molecule has 0 saturated carbocycles. The van der Waals surface area contributed by atoms with E-state index in [9.17, 15) is 24.4 Å². The largest absolute Gasteiger partial charge is 0.458 e. The highest BCUT2D eigenvalue weighted by Gasteiger charge is 2.40. The molecule has 3 atom stereocenters. The van der Waals surface area contributed by atoms with Gasteiger partial charge < -0.3 is 18.9 Å². The monoisotopic (exact) mass is 563 g/mol. The van der Waals surface area contributed by atoms with Gasteiger partial charge in [0.2, 0.25) is 6.10 Å². The van der Waals surface area contributed by atoms with E-state index in [1.54, 1.807) is 72.8 Å². The lowest BCUT2D eigenvalue weighted by molar-refractivity contribution is -0.0891. The smallest absolute Gasteiger partial charge is 0.339 e. The van der Waals surface area contributed by atoms with E-state index >= 15 is 0 Å². The van der Waals surface area contributed by atoms with Crippen molar-refractivity contribution in [1.82, 2.24) is 0 Å². The molecule has 0 fully saturated rings. The molecule has 0 bridgehead atoms. The van der Waals surface area contributed by atoms with Crippen LogP contribution in [0.4, 0.5) is 0 Å². The Morgan fingerprint density at radius 1 is 0.524 bits per heavy atom. The third-order valence-electron chi connectivity index (χ3n) is 5.94. The molecule has 4 aromatic carbocycles. The summed E-state index contributed by atoms with van der Waals surface area (Å²) in [6.07, 6.45) is -4.99. The summed E-state index contributed by atoms with van der Waals surface area (Å²) in [6, 6.07) is 33.6. The van der Waals surface area contributed by atoms with E-state index in [1.165, 1.54) is 48.5 Å². The van der Waals surface area contributed by atoms with Crippen molar-refractivity contribution in [1.29, 1.82) is 5.26 Å². The molecule has 0 spiro atoms. The standard InChI is InChI=1S/C33H25NO8/c34-21-27(40-31(36)24-15-7-2-8-16-24)29(42-33(38)26-19-11-4-12-20-26)28(41-32(37)25-17-9-3-10-18-25)22-39-30(35)23-13-5-1-6-14-23/h1-20,27-29H,22H2/t27-,28-,29+/m1/s1. The van der Waals surface area contributed by atoms with Crippen LogP contribution in [-0.4, -0.2) is 48.8 Å². The van der Waals surface area contributed by atoms with Gasteiger partial charge in [0.15, 0.2) is 12.2 Å². The van der Waals surface area contributed by atoms with E-state index in [4.69, 9.17) is 18.9 Å². The molecule has 4 aromatic rings. The minimum absolute atomic E-state index is 0.128. The van der Waals surface area contributed by atoms with Crippen molar-refractivity contribution in [2.75, 3.05) is 6.61 Å². The van der Waals surface area contributed by atoms with Crippen molar-refractivity contribution in [3.05, 3.63) is 144 Å². The third kappa shape index (κ3) is 7.90. The Morgan fingerprint density at radius 2 is 0.881 bits per heavy atom. The second kappa shape index (κ2) is 14.6. The second-order valence-electron chi connectivity index (χ2n) is 8.83. The van der Waals surface area contributed by atoms with Gasteiger partial charge in [-0.1, -0.05) is 72.8 Å². The summed E-state index contributed by atoms with van der Waals surface area (Å²) in [4.78, 5) is 51.9. The van der Waals surface area contributed by atoms with Crippen LogP contribution in [0.3, 0.4) is 0 Å². The van der Waals surface area contributed by atoms with Crippen molar-refractivity contribution in [2.45, 2.75) is 18.3 Å². The number of nitriles is 1. The van der Waals surface area contributed by atoms with Gasteiger partial charge in [0.1, 0.15) is 12.7 Å². The zero-order valence-corrected chi connectivity index (χ0v) is 22.2. The molecule has 0 unspecified atom stereocenters. The van der Waals surface area contributed by atoms with Crippen LogP contribution >= 0.6 is 0 Å². The van der Waals surface area contributed by atoms with Gasteiger partial charge in [-0.05, 0) is 48.5 Å². The van der Waals surface area contributed by atoms with Crippen LogP contribution in [0.1, 0.15) is 41.4 Å². The lowest BCUT2D eigenvalue weighted by atomic mass is 10.1. The first-order valence-electron chi connectivity index (χ1n) is 12.9. The number of ether oxygens (including phenoxy) is 4. The number of hydrogen-bond donors (Lipinski definition) is 0. The average molecular weight is 564 g/mol. The number of nitrogens with zero attached hydrogens (tertiary/aromatic N) is 1.